The molecule has 0 spiro atoms. The summed E-state index contributed by atoms with van der Waals surface area (Å²) in [7, 11) is 0. The van der Waals surface area contributed by atoms with Crippen LogP contribution in [0.4, 0.5) is 0 Å². The van der Waals surface area contributed by atoms with Gasteiger partial charge in [-0.05, 0) is 28.2 Å². The van der Waals surface area contributed by atoms with E-state index in [2.05, 4.69) is 32.9 Å². The number of benzene rings is 2. The molecular weight excluding hydrogens is 272 g/mol. The summed E-state index contributed by atoms with van der Waals surface area (Å²) in [5.41, 5.74) is 3.38. The molecule has 0 fully saturated rings. The maximum Gasteiger partial charge on any atom is 0.331 e. The third-order valence-corrected chi connectivity index (χ3v) is 3.41. The van der Waals surface area contributed by atoms with Gasteiger partial charge >= 0.3 is 5.97 Å². The van der Waals surface area contributed by atoms with Crippen LogP contribution in [0.25, 0.3) is 6.08 Å². The summed E-state index contributed by atoms with van der Waals surface area (Å²) >= 11 is 0. The van der Waals surface area contributed by atoms with Crippen molar-refractivity contribution in [1.29, 1.82) is 0 Å². The van der Waals surface area contributed by atoms with Crippen molar-refractivity contribution in [3.8, 4) is 0 Å². The van der Waals surface area contributed by atoms with Gasteiger partial charge in [-0.25, -0.2) is 4.79 Å². The number of ether oxygens (including phenoxy) is 1. The summed E-state index contributed by atoms with van der Waals surface area (Å²) in [5.74, 6) is -0.330. The van der Waals surface area contributed by atoms with E-state index in [-0.39, 0.29) is 11.4 Å². The van der Waals surface area contributed by atoms with E-state index in [1.165, 1.54) is 11.6 Å². The van der Waals surface area contributed by atoms with E-state index in [4.69, 9.17) is 4.74 Å². The smallest absolute Gasteiger partial charge is 0.331 e. The van der Waals surface area contributed by atoms with Crippen molar-refractivity contribution in [3.63, 3.8) is 0 Å². The Morgan fingerprint density at radius 2 is 1.64 bits per heavy atom. The van der Waals surface area contributed by atoms with Crippen LogP contribution in [0.2, 0.25) is 0 Å². The Kier molecular flexibility index (Phi) is 5.16. The third-order valence-electron chi connectivity index (χ3n) is 3.41. The van der Waals surface area contributed by atoms with Crippen molar-refractivity contribution >= 4 is 12.0 Å². The Balaban J connectivity index is 1.87. The van der Waals surface area contributed by atoms with E-state index in [0.29, 0.717) is 6.61 Å². The lowest BCUT2D eigenvalue weighted by Crippen LogP contribution is -2.10. The van der Waals surface area contributed by atoms with E-state index in [1.54, 1.807) is 6.08 Å². The largest absolute Gasteiger partial charge is 0.458 e. The number of carbonyl (C=O) groups excluding carboxylic acids is 1. The zero-order chi connectivity index (χ0) is 16.0. The summed E-state index contributed by atoms with van der Waals surface area (Å²) in [6.07, 6.45) is 3.21. The normalized spacial score (nSPS) is 11.6. The molecule has 0 amide bonds. The molecule has 0 N–H and O–H groups in total. The minimum atomic E-state index is -0.330. The molecule has 0 radical (unpaired) electrons. The summed E-state index contributed by atoms with van der Waals surface area (Å²) in [6.45, 7) is 6.83. The molecule has 114 valence electrons. The highest BCUT2D eigenvalue weighted by molar-refractivity contribution is 5.87. The summed E-state index contributed by atoms with van der Waals surface area (Å²) in [4.78, 5) is 11.7. The van der Waals surface area contributed by atoms with Crippen molar-refractivity contribution < 1.29 is 9.53 Å². The Bertz CT molecular complexity index is 632. The quantitative estimate of drug-likeness (QED) is 0.601. The fourth-order valence-electron chi connectivity index (χ4n) is 2.03. The van der Waals surface area contributed by atoms with Gasteiger partial charge in [-0.1, -0.05) is 75.4 Å². The molecule has 2 heteroatoms. The Morgan fingerprint density at radius 3 is 2.23 bits per heavy atom. The number of hydrogen-bond acceptors (Lipinski definition) is 2. The van der Waals surface area contributed by atoms with Crippen molar-refractivity contribution in [2.75, 3.05) is 0 Å². The second-order valence-electron chi connectivity index (χ2n) is 6.30. The second-order valence-corrected chi connectivity index (χ2v) is 6.30. The molecule has 2 aromatic carbocycles. The van der Waals surface area contributed by atoms with Crippen LogP contribution >= 0.6 is 0 Å². The average molecular weight is 294 g/mol. The number of carbonyl (C=O) groups is 1. The van der Waals surface area contributed by atoms with E-state index in [0.717, 1.165) is 11.1 Å². The van der Waals surface area contributed by atoms with Crippen LogP contribution in [0.15, 0.2) is 60.7 Å². The SMILES string of the molecule is CC(C)(C)c1ccc(COC(=O)/C=C/c2ccccc2)cc1. The van der Waals surface area contributed by atoms with E-state index in [1.807, 2.05) is 42.5 Å². The lowest BCUT2D eigenvalue weighted by Gasteiger charge is -2.19. The molecule has 0 atom stereocenters. The number of esters is 1. The first kappa shape index (κ1) is 16.0. The lowest BCUT2D eigenvalue weighted by atomic mass is 9.87. The molecule has 0 unspecified atom stereocenters. The first-order valence-electron chi connectivity index (χ1n) is 7.44. The Hall–Kier alpha value is -2.35. The zero-order valence-corrected chi connectivity index (χ0v) is 13.4. The topological polar surface area (TPSA) is 26.3 Å². The van der Waals surface area contributed by atoms with Gasteiger partial charge in [0.1, 0.15) is 6.61 Å². The van der Waals surface area contributed by atoms with E-state index in [9.17, 15) is 4.79 Å². The highest BCUT2D eigenvalue weighted by atomic mass is 16.5. The second kappa shape index (κ2) is 7.08. The predicted molar refractivity (Wildman–Crippen MR) is 90.4 cm³/mol. The summed E-state index contributed by atoms with van der Waals surface area (Å²) in [5, 5.41) is 0. The van der Waals surface area contributed by atoms with Crippen LogP contribution < -0.4 is 0 Å². The molecule has 0 heterocycles. The van der Waals surface area contributed by atoms with Crippen molar-refractivity contribution in [2.24, 2.45) is 0 Å². The minimum absolute atomic E-state index is 0.133. The van der Waals surface area contributed by atoms with Gasteiger partial charge in [-0.3, -0.25) is 0 Å². The lowest BCUT2D eigenvalue weighted by molar-refractivity contribution is -0.138. The molecule has 0 aliphatic rings. The number of rotatable bonds is 4. The predicted octanol–water partition coefficient (Wildman–Crippen LogP) is 4.74. The maximum absolute atomic E-state index is 11.7. The monoisotopic (exact) mass is 294 g/mol. The van der Waals surface area contributed by atoms with E-state index < -0.39 is 0 Å². The van der Waals surface area contributed by atoms with Crippen molar-refractivity contribution in [3.05, 3.63) is 77.4 Å². The molecule has 0 aliphatic heterocycles. The first-order chi connectivity index (χ1) is 10.4. The van der Waals surface area contributed by atoms with Gasteiger partial charge in [0, 0.05) is 6.08 Å². The summed E-state index contributed by atoms with van der Waals surface area (Å²) < 4.78 is 5.25. The molecule has 0 aliphatic carbocycles. The molecule has 2 aromatic rings. The minimum Gasteiger partial charge on any atom is -0.458 e. The fraction of sp³-hybridized carbons (Fsp3) is 0.250. The molecule has 0 bridgehead atoms. The Morgan fingerprint density at radius 1 is 1.00 bits per heavy atom. The Labute approximate surface area is 132 Å². The van der Waals surface area contributed by atoms with Gasteiger partial charge in [0.2, 0.25) is 0 Å². The molecular formula is C20H22O2. The third kappa shape index (κ3) is 4.88. The standard InChI is InChI=1S/C20H22O2/c1-20(2,3)18-12-9-17(10-13-18)15-22-19(21)14-11-16-7-5-4-6-8-16/h4-14H,15H2,1-3H3/b14-11+. The van der Waals surface area contributed by atoms with Gasteiger partial charge in [0.05, 0.1) is 0 Å². The molecule has 22 heavy (non-hydrogen) atoms. The highest BCUT2D eigenvalue weighted by Crippen LogP contribution is 2.22. The van der Waals surface area contributed by atoms with Gasteiger partial charge in [0.25, 0.3) is 0 Å². The fourth-order valence-corrected chi connectivity index (χ4v) is 2.03. The molecule has 0 saturated carbocycles. The van der Waals surface area contributed by atoms with Crippen molar-refractivity contribution in [2.45, 2.75) is 32.8 Å². The van der Waals surface area contributed by atoms with Crippen LogP contribution in [0, 0.1) is 0 Å². The highest BCUT2D eigenvalue weighted by Gasteiger charge is 2.12. The molecule has 0 saturated heterocycles. The van der Waals surface area contributed by atoms with Gasteiger partial charge < -0.3 is 4.74 Å². The van der Waals surface area contributed by atoms with Gasteiger partial charge in [-0.15, -0.1) is 0 Å². The maximum atomic E-state index is 11.7. The van der Waals surface area contributed by atoms with Crippen LogP contribution in [-0.2, 0) is 21.6 Å². The average Bonchev–Trinajstić information content (AvgIpc) is 2.51. The number of hydrogen-bond donors (Lipinski definition) is 0. The molecule has 2 rings (SSSR count). The van der Waals surface area contributed by atoms with Crippen LogP contribution in [-0.4, -0.2) is 5.97 Å². The zero-order valence-electron chi connectivity index (χ0n) is 13.4. The van der Waals surface area contributed by atoms with Crippen LogP contribution in [0.5, 0.6) is 0 Å². The van der Waals surface area contributed by atoms with Crippen molar-refractivity contribution in [1.82, 2.24) is 0 Å². The summed E-state index contributed by atoms with van der Waals surface area (Å²) in [6, 6.07) is 17.9. The van der Waals surface area contributed by atoms with Gasteiger partial charge in [-0.2, -0.15) is 0 Å². The van der Waals surface area contributed by atoms with Gasteiger partial charge in [0.15, 0.2) is 0 Å². The molecule has 2 nitrogen and oxygen atoms in total. The van der Waals surface area contributed by atoms with E-state index >= 15 is 0 Å². The first-order valence-corrected chi connectivity index (χ1v) is 7.44. The molecule has 0 aromatic heterocycles. The van der Waals surface area contributed by atoms with Crippen LogP contribution in [0.1, 0.15) is 37.5 Å². The van der Waals surface area contributed by atoms with Crippen LogP contribution in [0.3, 0.4) is 0 Å².